The molecular formula is C21H20FN3O2. The second-order valence-corrected chi connectivity index (χ2v) is 6.85. The summed E-state index contributed by atoms with van der Waals surface area (Å²) in [7, 11) is 0. The fourth-order valence-electron chi connectivity index (χ4n) is 3.41. The number of carbonyl (C=O) groups is 1. The zero-order chi connectivity index (χ0) is 18.8. The molecule has 0 bridgehead atoms. The van der Waals surface area contributed by atoms with Crippen LogP contribution in [0.2, 0.25) is 0 Å². The second kappa shape index (κ2) is 7.31. The Bertz CT molecular complexity index is 952. The minimum Gasteiger partial charge on any atom is -0.336 e. The number of aromatic nitrogens is 2. The maximum Gasteiger partial charge on any atom is 0.258 e. The average Bonchev–Trinajstić information content (AvgIpc) is 3.19. The molecule has 0 aliphatic carbocycles. The first-order chi connectivity index (χ1) is 13.1. The third-order valence-corrected chi connectivity index (χ3v) is 4.95. The molecule has 1 aromatic heterocycles. The van der Waals surface area contributed by atoms with Crippen molar-refractivity contribution in [2.75, 3.05) is 6.54 Å². The van der Waals surface area contributed by atoms with E-state index in [0.29, 0.717) is 28.4 Å². The summed E-state index contributed by atoms with van der Waals surface area (Å²) in [5, 5.41) is 3.97. The van der Waals surface area contributed by atoms with Crippen LogP contribution in [0.4, 0.5) is 4.39 Å². The summed E-state index contributed by atoms with van der Waals surface area (Å²) < 4.78 is 18.4. The van der Waals surface area contributed by atoms with Crippen molar-refractivity contribution in [1.82, 2.24) is 15.0 Å². The Kier molecular flexibility index (Phi) is 4.71. The van der Waals surface area contributed by atoms with Crippen LogP contribution in [-0.2, 0) is 0 Å². The number of amides is 1. The Labute approximate surface area is 156 Å². The molecule has 0 spiro atoms. The van der Waals surface area contributed by atoms with Gasteiger partial charge in [0, 0.05) is 29.3 Å². The number of nitrogens with zero attached hydrogens (tertiary/aromatic N) is 3. The number of halogens is 1. The molecular weight excluding hydrogens is 345 g/mol. The first-order valence-corrected chi connectivity index (χ1v) is 9.13. The molecule has 1 amide bonds. The summed E-state index contributed by atoms with van der Waals surface area (Å²) in [5.74, 6) is 0.421. The van der Waals surface area contributed by atoms with Gasteiger partial charge >= 0.3 is 0 Å². The molecule has 1 fully saturated rings. The van der Waals surface area contributed by atoms with Gasteiger partial charge in [0.15, 0.2) is 0 Å². The predicted octanol–water partition coefficient (Wildman–Crippen LogP) is 4.56. The van der Waals surface area contributed by atoms with Gasteiger partial charge in [0.2, 0.25) is 5.82 Å². The highest BCUT2D eigenvalue weighted by molar-refractivity contribution is 5.95. The van der Waals surface area contributed by atoms with Crippen LogP contribution in [-0.4, -0.2) is 33.5 Å². The molecule has 0 radical (unpaired) electrons. The summed E-state index contributed by atoms with van der Waals surface area (Å²) in [5.41, 5.74) is 1.97. The van der Waals surface area contributed by atoms with Crippen LogP contribution < -0.4 is 0 Å². The molecule has 1 atom stereocenters. The van der Waals surface area contributed by atoms with E-state index >= 15 is 0 Å². The number of rotatable bonds is 3. The van der Waals surface area contributed by atoms with E-state index in [4.69, 9.17) is 4.52 Å². The predicted molar refractivity (Wildman–Crippen MR) is 99.5 cm³/mol. The molecule has 6 heteroatoms. The highest BCUT2D eigenvalue weighted by Gasteiger charge is 2.24. The Morgan fingerprint density at radius 1 is 1.15 bits per heavy atom. The van der Waals surface area contributed by atoms with E-state index in [1.807, 2.05) is 23.1 Å². The topological polar surface area (TPSA) is 59.2 Å². The number of piperidine rings is 1. The van der Waals surface area contributed by atoms with Gasteiger partial charge in [0.25, 0.3) is 11.8 Å². The number of hydrogen-bond acceptors (Lipinski definition) is 4. The lowest BCUT2D eigenvalue weighted by Crippen LogP contribution is -2.42. The molecule has 2 heterocycles. The van der Waals surface area contributed by atoms with Crippen LogP contribution in [0.1, 0.15) is 36.5 Å². The first-order valence-electron chi connectivity index (χ1n) is 9.13. The molecule has 0 saturated carbocycles. The van der Waals surface area contributed by atoms with Crippen molar-refractivity contribution in [3.05, 3.63) is 59.9 Å². The molecule has 5 nitrogen and oxygen atoms in total. The summed E-state index contributed by atoms with van der Waals surface area (Å²) in [6.07, 6.45) is 3.25. The van der Waals surface area contributed by atoms with Crippen LogP contribution in [0, 0.1) is 5.82 Å². The average molecular weight is 365 g/mol. The third-order valence-electron chi connectivity index (χ3n) is 4.95. The fraction of sp³-hybridized carbons (Fsp3) is 0.286. The summed E-state index contributed by atoms with van der Waals surface area (Å²) >= 11 is 0. The van der Waals surface area contributed by atoms with E-state index in [1.165, 1.54) is 18.6 Å². The lowest BCUT2D eigenvalue weighted by molar-refractivity contribution is 0.0635. The van der Waals surface area contributed by atoms with E-state index in [9.17, 15) is 9.18 Å². The maximum atomic E-state index is 13.1. The van der Waals surface area contributed by atoms with Gasteiger partial charge in [-0.25, -0.2) is 4.39 Å². The van der Waals surface area contributed by atoms with Gasteiger partial charge < -0.3 is 9.42 Å². The third kappa shape index (κ3) is 3.60. The van der Waals surface area contributed by atoms with Crippen molar-refractivity contribution >= 4 is 5.91 Å². The van der Waals surface area contributed by atoms with Crippen molar-refractivity contribution in [2.45, 2.75) is 32.2 Å². The lowest BCUT2D eigenvalue weighted by atomic mass is 10.0. The van der Waals surface area contributed by atoms with Crippen molar-refractivity contribution in [1.29, 1.82) is 0 Å². The van der Waals surface area contributed by atoms with Crippen molar-refractivity contribution in [2.24, 2.45) is 0 Å². The molecule has 1 aliphatic heterocycles. The summed E-state index contributed by atoms with van der Waals surface area (Å²) in [4.78, 5) is 19.2. The normalized spacial score (nSPS) is 17.1. The van der Waals surface area contributed by atoms with Crippen LogP contribution in [0.25, 0.3) is 22.8 Å². The molecule has 138 valence electrons. The molecule has 27 heavy (non-hydrogen) atoms. The summed E-state index contributed by atoms with van der Waals surface area (Å²) in [6, 6.07) is 13.4. The smallest absolute Gasteiger partial charge is 0.258 e. The largest absolute Gasteiger partial charge is 0.336 e. The quantitative estimate of drug-likeness (QED) is 0.683. The minimum absolute atomic E-state index is 0.0299. The van der Waals surface area contributed by atoms with Crippen LogP contribution in [0.3, 0.4) is 0 Å². The van der Waals surface area contributed by atoms with Crippen molar-refractivity contribution in [3.63, 3.8) is 0 Å². The van der Waals surface area contributed by atoms with Gasteiger partial charge in [-0.2, -0.15) is 4.98 Å². The van der Waals surface area contributed by atoms with Gasteiger partial charge in [-0.1, -0.05) is 11.2 Å². The number of likely N-dealkylation sites (tertiary alicyclic amines) is 1. The van der Waals surface area contributed by atoms with Crippen LogP contribution in [0.5, 0.6) is 0 Å². The first kappa shape index (κ1) is 17.4. The molecule has 3 aromatic rings. The van der Waals surface area contributed by atoms with Gasteiger partial charge in [0.05, 0.1) is 0 Å². The van der Waals surface area contributed by atoms with E-state index in [1.54, 1.807) is 18.2 Å². The van der Waals surface area contributed by atoms with Crippen molar-refractivity contribution < 1.29 is 13.7 Å². The van der Waals surface area contributed by atoms with Crippen molar-refractivity contribution in [3.8, 4) is 22.8 Å². The zero-order valence-electron chi connectivity index (χ0n) is 15.1. The molecule has 1 saturated heterocycles. The molecule has 2 aromatic carbocycles. The fourth-order valence-corrected chi connectivity index (χ4v) is 3.41. The van der Waals surface area contributed by atoms with Gasteiger partial charge in [-0.3, -0.25) is 4.79 Å². The standard InChI is InChI=1S/C21H20FN3O2/c1-14-5-2-3-12-25(14)21(26)17-7-4-6-16(13-17)20-23-19(24-27-20)15-8-10-18(22)11-9-15/h4,6-11,13-14H,2-3,5,12H2,1H3. The second-order valence-electron chi connectivity index (χ2n) is 6.85. The monoisotopic (exact) mass is 365 g/mol. The Morgan fingerprint density at radius 3 is 2.74 bits per heavy atom. The highest BCUT2D eigenvalue weighted by Crippen LogP contribution is 2.25. The molecule has 0 N–H and O–H groups in total. The van der Waals surface area contributed by atoms with E-state index in [2.05, 4.69) is 17.1 Å². The maximum absolute atomic E-state index is 13.1. The Hall–Kier alpha value is -3.02. The van der Waals surface area contributed by atoms with Gasteiger partial charge in [-0.15, -0.1) is 0 Å². The SMILES string of the molecule is CC1CCCCN1C(=O)c1cccc(-c2nc(-c3ccc(F)cc3)no2)c1. The van der Waals surface area contributed by atoms with Gasteiger partial charge in [-0.05, 0) is 68.7 Å². The Balaban J connectivity index is 1.59. The van der Waals surface area contributed by atoms with Crippen LogP contribution >= 0.6 is 0 Å². The minimum atomic E-state index is -0.319. The van der Waals surface area contributed by atoms with Gasteiger partial charge in [0.1, 0.15) is 5.82 Å². The highest BCUT2D eigenvalue weighted by atomic mass is 19.1. The summed E-state index contributed by atoms with van der Waals surface area (Å²) in [6.45, 7) is 2.88. The van der Waals surface area contributed by atoms with E-state index in [0.717, 1.165) is 19.4 Å². The number of hydrogen-bond donors (Lipinski definition) is 0. The Morgan fingerprint density at radius 2 is 1.96 bits per heavy atom. The van der Waals surface area contributed by atoms with E-state index < -0.39 is 0 Å². The molecule has 1 unspecified atom stereocenters. The number of carbonyl (C=O) groups excluding carboxylic acids is 1. The van der Waals surface area contributed by atoms with E-state index in [-0.39, 0.29) is 17.8 Å². The molecule has 1 aliphatic rings. The number of benzene rings is 2. The lowest BCUT2D eigenvalue weighted by Gasteiger charge is -2.33. The molecule has 4 rings (SSSR count). The zero-order valence-corrected chi connectivity index (χ0v) is 15.1. The van der Waals surface area contributed by atoms with Crippen LogP contribution in [0.15, 0.2) is 53.1 Å².